The number of sulfone groups is 1. The minimum Gasteiger partial charge on any atom is -0.325 e. The first kappa shape index (κ1) is 6.44. The maximum Gasteiger partial charge on any atom is 0.211 e. The zero-order chi connectivity index (χ0) is 6.91. The first-order chi connectivity index (χ1) is 4.14. The van der Waals surface area contributed by atoms with Crippen molar-refractivity contribution in [1.82, 2.24) is 0 Å². The molecule has 1 heterocycles. The molecule has 0 fully saturated rings. The fraction of sp³-hybridized carbons (Fsp3) is 0.250. The van der Waals surface area contributed by atoms with Gasteiger partial charge in [0.15, 0.2) is 0 Å². The molecule has 0 aromatic heterocycles. The Hall–Kier alpha value is -0.680. The molecule has 0 bridgehead atoms. The van der Waals surface area contributed by atoms with Gasteiger partial charge in [-0.15, -0.1) is 0 Å². The lowest BCUT2D eigenvalue weighted by Gasteiger charge is -1.83. The third kappa shape index (κ3) is 1.36. The van der Waals surface area contributed by atoms with Gasteiger partial charge >= 0.3 is 0 Å². The summed E-state index contributed by atoms with van der Waals surface area (Å²) in [6.07, 6.45) is 0. The van der Waals surface area contributed by atoms with Crippen LogP contribution in [0, 0.1) is 0 Å². The third-order valence-corrected chi connectivity index (χ3v) is 1.87. The van der Waals surface area contributed by atoms with Gasteiger partial charge in [0.1, 0.15) is 5.55 Å². The molecule has 0 saturated carbocycles. The van der Waals surface area contributed by atoms with E-state index in [2.05, 4.69) is 4.99 Å². The van der Waals surface area contributed by atoms with Gasteiger partial charge in [-0.05, 0) is 0 Å². The highest BCUT2D eigenvalue weighted by atomic mass is 32.2. The highest BCUT2D eigenvalue weighted by molar-refractivity contribution is 8.07. The fourth-order valence-electron chi connectivity index (χ4n) is 0.492. The van der Waals surface area contributed by atoms with E-state index in [4.69, 9.17) is 5.73 Å². The molecular formula is C4H6N2O2S. The van der Waals surface area contributed by atoms with Crippen LogP contribution in [0.5, 0.6) is 0 Å². The molecular weight excluding hydrogens is 140 g/mol. The Morgan fingerprint density at radius 2 is 2.33 bits per heavy atom. The van der Waals surface area contributed by atoms with Crippen LogP contribution in [0.15, 0.2) is 16.1 Å². The first-order valence-electron chi connectivity index (χ1n) is 2.34. The van der Waals surface area contributed by atoms with Gasteiger partial charge in [0.05, 0.1) is 11.1 Å². The molecule has 0 spiro atoms. The molecule has 50 valence electrons. The summed E-state index contributed by atoms with van der Waals surface area (Å²) in [5.74, 6) is 0. The van der Waals surface area contributed by atoms with Crippen molar-refractivity contribution in [3.05, 3.63) is 11.1 Å². The zero-order valence-electron chi connectivity index (χ0n) is 4.61. The highest BCUT2D eigenvalue weighted by Gasteiger charge is 2.10. The largest absolute Gasteiger partial charge is 0.325 e. The monoisotopic (exact) mass is 146 g/mol. The molecule has 0 amide bonds. The van der Waals surface area contributed by atoms with E-state index >= 15 is 0 Å². The SMILES string of the molecule is NCC1=CS(=O)(=O)C=N1. The third-order valence-electron chi connectivity index (χ3n) is 0.875. The van der Waals surface area contributed by atoms with Crippen LogP contribution in [0.2, 0.25) is 0 Å². The lowest BCUT2D eigenvalue weighted by molar-refractivity contribution is 0.616. The number of nitrogens with zero attached hydrogens (tertiary/aromatic N) is 1. The van der Waals surface area contributed by atoms with Crippen molar-refractivity contribution in [2.75, 3.05) is 6.54 Å². The molecule has 0 saturated heterocycles. The Kier molecular flexibility index (Phi) is 1.38. The predicted molar refractivity (Wildman–Crippen MR) is 34.5 cm³/mol. The van der Waals surface area contributed by atoms with Crippen LogP contribution >= 0.6 is 0 Å². The van der Waals surface area contributed by atoms with Gasteiger partial charge in [0.25, 0.3) is 0 Å². The van der Waals surface area contributed by atoms with E-state index < -0.39 is 9.84 Å². The van der Waals surface area contributed by atoms with E-state index in [0.29, 0.717) is 5.70 Å². The van der Waals surface area contributed by atoms with Gasteiger partial charge in [-0.25, -0.2) is 13.4 Å². The predicted octanol–water partition coefficient (Wildman–Crippen LogP) is -0.757. The summed E-state index contributed by atoms with van der Waals surface area (Å²) < 4.78 is 21.0. The second kappa shape index (κ2) is 1.93. The minimum atomic E-state index is -3.14. The summed E-state index contributed by atoms with van der Waals surface area (Å²) >= 11 is 0. The molecule has 5 heteroatoms. The molecule has 0 atom stereocenters. The minimum absolute atomic E-state index is 0.176. The van der Waals surface area contributed by atoms with Crippen molar-refractivity contribution in [2.45, 2.75) is 0 Å². The maximum atomic E-state index is 10.5. The molecule has 2 N–H and O–H groups in total. The number of aliphatic imine (C=N–C) groups is 1. The van der Waals surface area contributed by atoms with Crippen LogP contribution in [0.4, 0.5) is 0 Å². The lowest BCUT2D eigenvalue weighted by Crippen LogP contribution is -1.99. The molecule has 4 nitrogen and oxygen atoms in total. The Morgan fingerprint density at radius 1 is 1.67 bits per heavy atom. The topological polar surface area (TPSA) is 72.5 Å². The summed E-state index contributed by atoms with van der Waals surface area (Å²) in [5.41, 5.74) is 6.42. The zero-order valence-corrected chi connectivity index (χ0v) is 5.43. The average Bonchev–Trinajstić information content (AvgIpc) is 2.10. The fourth-order valence-corrected chi connectivity index (χ4v) is 1.37. The van der Waals surface area contributed by atoms with E-state index in [-0.39, 0.29) is 6.54 Å². The second-order valence-corrected chi connectivity index (χ2v) is 3.26. The van der Waals surface area contributed by atoms with E-state index in [1.54, 1.807) is 0 Å². The van der Waals surface area contributed by atoms with Crippen LogP contribution in [0.1, 0.15) is 0 Å². The van der Waals surface area contributed by atoms with Gasteiger partial charge in [0, 0.05) is 6.54 Å². The van der Waals surface area contributed by atoms with Crippen molar-refractivity contribution in [2.24, 2.45) is 10.7 Å². The lowest BCUT2D eigenvalue weighted by atomic mass is 10.5. The summed E-state index contributed by atoms with van der Waals surface area (Å²) in [5, 5.41) is 1.06. The van der Waals surface area contributed by atoms with Crippen LogP contribution in [0.3, 0.4) is 0 Å². The molecule has 0 aliphatic carbocycles. The van der Waals surface area contributed by atoms with Crippen molar-refractivity contribution < 1.29 is 8.42 Å². The quantitative estimate of drug-likeness (QED) is 0.528. The van der Waals surface area contributed by atoms with Crippen LogP contribution in [0.25, 0.3) is 0 Å². The normalized spacial score (nSPS) is 22.1. The van der Waals surface area contributed by atoms with Crippen molar-refractivity contribution in [1.29, 1.82) is 0 Å². The van der Waals surface area contributed by atoms with Gasteiger partial charge < -0.3 is 5.73 Å². The molecule has 9 heavy (non-hydrogen) atoms. The Bertz CT molecular complexity index is 262. The Balaban J connectivity index is 3.01. The van der Waals surface area contributed by atoms with E-state index in [1.165, 1.54) is 0 Å². The second-order valence-electron chi connectivity index (χ2n) is 1.64. The molecule has 1 aliphatic heterocycles. The number of nitrogens with two attached hydrogens (primary N) is 1. The molecule has 0 aromatic carbocycles. The van der Waals surface area contributed by atoms with Gasteiger partial charge in [-0.1, -0.05) is 0 Å². The number of hydrogen-bond donors (Lipinski definition) is 1. The van der Waals surface area contributed by atoms with E-state index in [9.17, 15) is 8.42 Å². The van der Waals surface area contributed by atoms with Gasteiger partial charge in [-0.3, -0.25) is 0 Å². The first-order valence-corrected chi connectivity index (χ1v) is 3.95. The smallest absolute Gasteiger partial charge is 0.211 e. The van der Waals surface area contributed by atoms with Crippen molar-refractivity contribution in [3.63, 3.8) is 0 Å². The summed E-state index contributed by atoms with van der Waals surface area (Å²) in [6.45, 7) is 0.176. The van der Waals surface area contributed by atoms with E-state index in [0.717, 1.165) is 11.0 Å². The highest BCUT2D eigenvalue weighted by Crippen LogP contribution is 2.05. The van der Waals surface area contributed by atoms with Crippen LogP contribution in [-0.2, 0) is 9.84 Å². The average molecular weight is 146 g/mol. The van der Waals surface area contributed by atoms with Gasteiger partial charge in [-0.2, -0.15) is 0 Å². The summed E-state index contributed by atoms with van der Waals surface area (Å²) in [4.78, 5) is 3.53. The van der Waals surface area contributed by atoms with Crippen LogP contribution < -0.4 is 5.73 Å². The van der Waals surface area contributed by atoms with E-state index in [1.807, 2.05) is 0 Å². The molecule has 1 rings (SSSR count). The maximum absolute atomic E-state index is 10.5. The summed E-state index contributed by atoms with van der Waals surface area (Å²) in [6, 6.07) is 0. The van der Waals surface area contributed by atoms with Crippen molar-refractivity contribution in [3.8, 4) is 0 Å². The molecule has 0 radical (unpaired) electrons. The van der Waals surface area contributed by atoms with Crippen molar-refractivity contribution >= 4 is 15.4 Å². The Morgan fingerprint density at radius 3 is 2.56 bits per heavy atom. The van der Waals surface area contributed by atoms with Crippen LogP contribution in [-0.4, -0.2) is 20.5 Å². The molecule has 0 unspecified atom stereocenters. The standard InChI is InChI=1S/C4H6N2O2S/c5-1-4-2-9(7,8)3-6-4/h2-3H,1,5H2. The molecule has 1 aliphatic rings. The Labute approximate surface area is 53.0 Å². The number of hydrogen-bond acceptors (Lipinski definition) is 4. The number of rotatable bonds is 1. The molecule has 0 aromatic rings. The summed E-state index contributed by atoms with van der Waals surface area (Å²) in [7, 11) is -3.14. The van der Waals surface area contributed by atoms with Gasteiger partial charge in [0.2, 0.25) is 9.84 Å².